The van der Waals surface area contributed by atoms with Gasteiger partial charge in [-0.2, -0.15) is 0 Å². The summed E-state index contributed by atoms with van der Waals surface area (Å²) < 4.78 is 17.8. The van der Waals surface area contributed by atoms with Gasteiger partial charge in [0, 0.05) is 48.4 Å². The summed E-state index contributed by atoms with van der Waals surface area (Å²) in [6.07, 6.45) is 4.47. The number of nitrogens with zero attached hydrogens (tertiary/aromatic N) is 2. The third kappa shape index (κ3) is 3.59. The van der Waals surface area contributed by atoms with Crippen molar-refractivity contribution in [1.29, 1.82) is 0 Å². The monoisotopic (exact) mass is 521 g/mol. The number of aromatic amines is 1. The molecule has 192 valence electrons. The molecule has 4 aliphatic rings. The largest absolute Gasteiger partial charge is 0.493 e. The maximum absolute atomic E-state index is 13.5. The standard InChI is InChI=1S/C27H28ClN5O4/c1-35-24-17(28)3-2-4-18(24)31-23-21-25-27(13-30-26(21)34)6-8-33(14-27)10-15-11-36-20(15)12-37-19-9-29-7-5-16(19)22(23)32-25/h2-5,7,9,15,20,31-32H,6,8,10-14H2,1H3,(H,30,34)/t15?,20-,27+/m1/s1. The Kier molecular flexibility index (Phi) is 5.35. The number of anilines is 2. The van der Waals surface area contributed by atoms with Crippen molar-refractivity contribution >= 4 is 28.9 Å². The van der Waals surface area contributed by atoms with E-state index in [1.54, 1.807) is 25.6 Å². The van der Waals surface area contributed by atoms with Crippen molar-refractivity contribution in [3.63, 3.8) is 0 Å². The maximum Gasteiger partial charge on any atom is 0.255 e. The van der Waals surface area contributed by atoms with Crippen LogP contribution in [-0.4, -0.2) is 73.4 Å². The van der Waals surface area contributed by atoms with Crippen molar-refractivity contribution in [2.24, 2.45) is 5.92 Å². The molecule has 4 atom stereocenters. The van der Waals surface area contributed by atoms with Crippen LogP contribution in [0.15, 0.2) is 36.7 Å². The van der Waals surface area contributed by atoms with E-state index in [0.717, 1.165) is 49.6 Å². The number of amides is 1. The molecule has 3 N–H and O–H groups in total. The number of ether oxygens (including phenoxy) is 3. The second-order valence-corrected chi connectivity index (χ2v) is 10.7. The smallest absolute Gasteiger partial charge is 0.255 e. The van der Waals surface area contributed by atoms with Crippen LogP contribution in [0, 0.1) is 5.92 Å². The molecule has 2 unspecified atom stereocenters. The third-order valence-corrected chi connectivity index (χ3v) is 8.51. The van der Waals surface area contributed by atoms with Crippen LogP contribution in [0.5, 0.6) is 11.5 Å². The highest BCUT2D eigenvalue weighted by Gasteiger charge is 2.49. The molecule has 3 aromatic rings. The minimum absolute atomic E-state index is 0.0543. The van der Waals surface area contributed by atoms with Crippen LogP contribution in [0.1, 0.15) is 22.5 Å². The predicted molar refractivity (Wildman–Crippen MR) is 139 cm³/mol. The van der Waals surface area contributed by atoms with Crippen LogP contribution < -0.4 is 20.1 Å². The lowest BCUT2D eigenvalue weighted by Gasteiger charge is -2.39. The molecule has 4 aliphatic heterocycles. The molecule has 2 saturated heterocycles. The highest BCUT2D eigenvalue weighted by molar-refractivity contribution is 6.32. The number of methoxy groups -OCH3 is 1. The Labute approximate surface area is 219 Å². The summed E-state index contributed by atoms with van der Waals surface area (Å²) in [5.74, 6) is 1.47. The number of rotatable bonds is 3. The van der Waals surface area contributed by atoms with Gasteiger partial charge in [0.1, 0.15) is 12.4 Å². The van der Waals surface area contributed by atoms with Crippen molar-refractivity contribution in [2.75, 3.05) is 51.8 Å². The Morgan fingerprint density at radius 3 is 3.05 bits per heavy atom. The molecule has 0 radical (unpaired) electrons. The summed E-state index contributed by atoms with van der Waals surface area (Å²) in [6.45, 7) is 4.60. The molecule has 0 aliphatic carbocycles. The number of carbonyl (C=O) groups excluding carboxylic acids is 1. The number of benzene rings is 1. The number of para-hydroxylation sites is 1. The number of H-pyrrole nitrogens is 1. The normalized spacial score (nSPS) is 27.7. The molecule has 1 amide bonds. The average molecular weight is 522 g/mol. The van der Waals surface area contributed by atoms with E-state index in [0.29, 0.717) is 52.5 Å². The first kappa shape index (κ1) is 22.9. The summed E-state index contributed by atoms with van der Waals surface area (Å²) in [5.41, 5.74) is 4.29. The molecular weight excluding hydrogens is 494 g/mol. The molecule has 2 fully saturated rings. The molecule has 6 heterocycles. The Hall–Kier alpha value is -3.27. The number of hydrogen-bond donors (Lipinski definition) is 3. The molecule has 1 spiro atoms. The number of hydrogen-bond acceptors (Lipinski definition) is 7. The minimum atomic E-state index is -0.210. The minimum Gasteiger partial charge on any atom is -0.493 e. The number of halogens is 1. The van der Waals surface area contributed by atoms with Gasteiger partial charge in [0.05, 0.1) is 53.7 Å². The lowest BCUT2D eigenvalue weighted by Crippen LogP contribution is -2.51. The first-order valence-corrected chi connectivity index (χ1v) is 13.0. The van der Waals surface area contributed by atoms with Gasteiger partial charge >= 0.3 is 0 Å². The van der Waals surface area contributed by atoms with Crippen molar-refractivity contribution in [2.45, 2.75) is 17.9 Å². The second-order valence-electron chi connectivity index (χ2n) is 10.3. The number of pyridine rings is 1. The van der Waals surface area contributed by atoms with Gasteiger partial charge in [0.15, 0.2) is 5.75 Å². The molecule has 2 aromatic heterocycles. The third-order valence-electron chi connectivity index (χ3n) is 8.21. The highest BCUT2D eigenvalue weighted by atomic mass is 35.5. The number of carbonyl (C=O) groups is 1. The fourth-order valence-electron chi connectivity index (χ4n) is 6.22. The highest BCUT2D eigenvalue weighted by Crippen LogP contribution is 2.48. The van der Waals surface area contributed by atoms with Crippen molar-refractivity contribution < 1.29 is 19.0 Å². The van der Waals surface area contributed by atoms with E-state index >= 15 is 0 Å². The fourth-order valence-corrected chi connectivity index (χ4v) is 6.47. The zero-order valence-corrected chi connectivity index (χ0v) is 21.2. The Morgan fingerprint density at radius 2 is 2.22 bits per heavy atom. The predicted octanol–water partition coefficient (Wildman–Crippen LogP) is 3.58. The molecule has 1 aromatic carbocycles. The summed E-state index contributed by atoms with van der Waals surface area (Å²) >= 11 is 6.44. The van der Waals surface area contributed by atoms with E-state index in [-0.39, 0.29) is 17.4 Å². The summed E-state index contributed by atoms with van der Waals surface area (Å²) in [6, 6.07) is 7.43. The van der Waals surface area contributed by atoms with Gasteiger partial charge in [-0.25, -0.2) is 0 Å². The first-order valence-electron chi connectivity index (χ1n) is 12.6. The molecule has 0 saturated carbocycles. The molecule has 4 bridgehead atoms. The van der Waals surface area contributed by atoms with Gasteiger partial charge in [-0.3, -0.25) is 9.78 Å². The maximum atomic E-state index is 13.5. The van der Waals surface area contributed by atoms with E-state index in [9.17, 15) is 4.79 Å². The molecular formula is C27H28ClN5O4. The van der Waals surface area contributed by atoms with Crippen molar-refractivity contribution in [3.8, 4) is 22.8 Å². The SMILES string of the molecule is COc1c(Cl)cccc1Nc1c2[nH]c3c1C(=O)NC[C@]31CCN(CC3CO[C@@H]3COc3cnccc3-2)C1. The van der Waals surface area contributed by atoms with Gasteiger partial charge in [-0.1, -0.05) is 17.7 Å². The summed E-state index contributed by atoms with van der Waals surface area (Å²) in [4.78, 5) is 24.0. The quantitative estimate of drug-likeness (QED) is 0.484. The van der Waals surface area contributed by atoms with Gasteiger partial charge in [0.25, 0.3) is 5.91 Å². The van der Waals surface area contributed by atoms with E-state index in [1.165, 1.54) is 0 Å². The van der Waals surface area contributed by atoms with Crippen LogP contribution in [0.4, 0.5) is 11.4 Å². The Morgan fingerprint density at radius 1 is 1.30 bits per heavy atom. The van der Waals surface area contributed by atoms with Crippen LogP contribution in [0.2, 0.25) is 5.02 Å². The van der Waals surface area contributed by atoms with Crippen LogP contribution in [0.3, 0.4) is 0 Å². The van der Waals surface area contributed by atoms with Crippen LogP contribution in [-0.2, 0) is 10.2 Å². The lowest BCUT2D eigenvalue weighted by molar-refractivity contribution is -0.137. The van der Waals surface area contributed by atoms with Gasteiger partial charge in [-0.15, -0.1) is 0 Å². The second kappa shape index (κ2) is 8.65. The van der Waals surface area contributed by atoms with Crippen molar-refractivity contribution in [3.05, 3.63) is 52.9 Å². The zero-order valence-electron chi connectivity index (χ0n) is 20.5. The van der Waals surface area contributed by atoms with E-state index in [1.807, 2.05) is 18.2 Å². The van der Waals surface area contributed by atoms with Gasteiger partial charge in [0.2, 0.25) is 0 Å². The van der Waals surface area contributed by atoms with Crippen molar-refractivity contribution in [1.82, 2.24) is 20.2 Å². The van der Waals surface area contributed by atoms with Gasteiger partial charge in [-0.05, 0) is 31.2 Å². The van der Waals surface area contributed by atoms with Crippen LogP contribution in [0.25, 0.3) is 11.3 Å². The zero-order chi connectivity index (χ0) is 25.1. The fraction of sp³-hybridized carbons (Fsp3) is 0.407. The van der Waals surface area contributed by atoms with Crippen LogP contribution >= 0.6 is 11.6 Å². The van der Waals surface area contributed by atoms with Gasteiger partial charge < -0.3 is 34.7 Å². The number of nitrogens with one attached hydrogen (secondary N) is 3. The first-order chi connectivity index (χ1) is 18.1. The molecule has 9 nitrogen and oxygen atoms in total. The van der Waals surface area contributed by atoms with E-state index in [2.05, 4.69) is 25.5 Å². The summed E-state index contributed by atoms with van der Waals surface area (Å²) in [5, 5.41) is 7.17. The topological polar surface area (TPSA) is 101 Å². The number of fused-ring (bicyclic) bond motifs is 5. The molecule has 37 heavy (non-hydrogen) atoms. The molecule has 10 heteroatoms. The summed E-state index contributed by atoms with van der Waals surface area (Å²) in [7, 11) is 1.58. The Balaban J connectivity index is 1.44. The lowest BCUT2D eigenvalue weighted by atomic mass is 9.79. The number of aromatic nitrogens is 2. The molecule has 7 rings (SSSR count). The van der Waals surface area contributed by atoms with E-state index < -0.39 is 0 Å². The Bertz CT molecular complexity index is 1390. The van der Waals surface area contributed by atoms with E-state index in [4.69, 9.17) is 25.8 Å². The average Bonchev–Trinajstić information content (AvgIpc) is 3.48.